The Kier molecular flexibility index (Phi) is 4.77. The van der Waals surface area contributed by atoms with Crippen molar-refractivity contribution < 1.29 is 9.66 Å². The summed E-state index contributed by atoms with van der Waals surface area (Å²) in [7, 11) is 0. The second kappa shape index (κ2) is 6.37. The van der Waals surface area contributed by atoms with E-state index >= 15 is 0 Å². The first-order valence-electron chi connectivity index (χ1n) is 5.78. The van der Waals surface area contributed by atoms with Crippen molar-refractivity contribution in [3.05, 3.63) is 62.1 Å². The number of ether oxygens (including phenoxy) is 1. The summed E-state index contributed by atoms with van der Waals surface area (Å²) in [6.45, 7) is 1.78. The lowest BCUT2D eigenvalue weighted by molar-refractivity contribution is -0.385. The Bertz CT molecular complexity index is 642. The molecule has 0 atom stereocenters. The first-order valence-corrected chi connectivity index (χ1v) is 7.70. The van der Waals surface area contributed by atoms with Gasteiger partial charge in [-0.25, -0.2) is 0 Å². The van der Waals surface area contributed by atoms with Crippen molar-refractivity contribution in [3.63, 3.8) is 0 Å². The van der Waals surface area contributed by atoms with Crippen LogP contribution in [0.25, 0.3) is 0 Å². The smallest absolute Gasteiger partial charge is 0.312 e. The molecule has 0 heterocycles. The topological polar surface area (TPSA) is 52.4 Å². The van der Waals surface area contributed by atoms with Crippen LogP contribution in [0.2, 0.25) is 0 Å². The average molecular weight is 401 g/mol. The number of hydrogen-bond acceptors (Lipinski definition) is 3. The van der Waals surface area contributed by atoms with E-state index in [1.54, 1.807) is 25.1 Å². The highest BCUT2D eigenvalue weighted by molar-refractivity contribution is 9.10. The maximum Gasteiger partial charge on any atom is 0.312 e. The van der Waals surface area contributed by atoms with Gasteiger partial charge < -0.3 is 4.74 Å². The lowest BCUT2D eigenvalue weighted by Gasteiger charge is -2.10. The highest BCUT2D eigenvalue weighted by atomic mass is 79.9. The molecule has 0 aromatic heterocycles. The van der Waals surface area contributed by atoms with E-state index in [0.717, 1.165) is 10.9 Å². The Labute approximate surface area is 133 Å². The van der Waals surface area contributed by atoms with Crippen LogP contribution >= 0.6 is 31.9 Å². The third kappa shape index (κ3) is 3.37. The number of halogens is 2. The van der Waals surface area contributed by atoms with Crippen LogP contribution in [-0.2, 0) is 5.33 Å². The third-order valence-corrected chi connectivity index (χ3v) is 3.82. The molecule has 0 saturated carbocycles. The number of alkyl halides is 1. The molecular weight excluding hydrogens is 390 g/mol. The summed E-state index contributed by atoms with van der Waals surface area (Å²) < 4.78 is 6.33. The van der Waals surface area contributed by atoms with Gasteiger partial charge in [0.2, 0.25) is 5.75 Å². The fourth-order valence-corrected chi connectivity index (χ4v) is 2.68. The molecule has 0 saturated heterocycles. The van der Waals surface area contributed by atoms with Crippen LogP contribution in [0.1, 0.15) is 11.1 Å². The summed E-state index contributed by atoms with van der Waals surface area (Å²) in [6, 6.07) is 10.6. The number of nitro groups is 1. The molecule has 20 heavy (non-hydrogen) atoms. The van der Waals surface area contributed by atoms with E-state index in [0.29, 0.717) is 15.8 Å². The molecule has 0 spiro atoms. The Balaban J connectivity index is 2.39. The Hall–Kier alpha value is -1.40. The predicted octanol–water partition coefficient (Wildman–Crippen LogP) is 5.35. The first-order chi connectivity index (χ1) is 9.51. The fraction of sp³-hybridized carbons (Fsp3) is 0.143. The van der Waals surface area contributed by atoms with E-state index < -0.39 is 4.92 Å². The standard InChI is InChI=1S/C14H11Br2NO3/c1-9-6-11(16)7-13(17(18)19)14(9)20-12-4-2-10(8-15)3-5-12/h2-7H,8H2,1H3. The number of aryl methyl sites for hydroxylation is 1. The van der Waals surface area contributed by atoms with Crippen LogP contribution in [0.4, 0.5) is 5.69 Å². The fourth-order valence-electron chi connectivity index (χ4n) is 1.75. The molecule has 0 aliphatic rings. The maximum absolute atomic E-state index is 11.1. The molecule has 0 aliphatic heterocycles. The van der Waals surface area contributed by atoms with Crippen LogP contribution in [0.3, 0.4) is 0 Å². The lowest BCUT2D eigenvalue weighted by atomic mass is 10.2. The van der Waals surface area contributed by atoms with Gasteiger partial charge in [0.25, 0.3) is 0 Å². The maximum atomic E-state index is 11.1. The van der Waals surface area contributed by atoms with Crippen LogP contribution in [0, 0.1) is 17.0 Å². The quantitative estimate of drug-likeness (QED) is 0.394. The Morgan fingerprint density at radius 2 is 1.90 bits per heavy atom. The van der Waals surface area contributed by atoms with Crippen LogP contribution < -0.4 is 4.74 Å². The van der Waals surface area contributed by atoms with E-state index in [4.69, 9.17) is 4.74 Å². The van der Waals surface area contributed by atoms with E-state index in [2.05, 4.69) is 31.9 Å². The third-order valence-electron chi connectivity index (χ3n) is 2.71. The monoisotopic (exact) mass is 399 g/mol. The summed E-state index contributed by atoms with van der Waals surface area (Å²) in [6.07, 6.45) is 0. The van der Waals surface area contributed by atoms with Crippen molar-refractivity contribution >= 4 is 37.5 Å². The molecule has 0 radical (unpaired) electrons. The van der Waals surface area contributed by atoms with Gasteiger partial charge in [-0.1, -0.05) is 44.0 Å². The zero-order valence-corrected chi connectivity index (χ0v) is 13.8. The molecule has 104 valence electrons. The molecule has 2 aromatic carbocycles. The number of hydrogen-bond donors (Lipinski definition) is 0. The van der Waals surface area contributed by atoms with Gasteiger partial charge >= 0.3 is 5.69 Å². The molecular formula is C14H11Br2NO3. The minimum absolute atomic E-state index is 0.0542. The molecule has 2 rings (SSSR count). The van der Waals surface area contributed by atoms with Crippen molar-refractivity contribution in [2.45, 2.75) is 12.3 Å². The van der Waals surface area contributed by atoms with Gasteiger partial charge in [-0.05, 0) is 36.2 Å². The summed E-state index contributed by atoms with van der Waals surface area (Å²) in [5.41, 5.74) is 1.76. The molecule has 6 heteroatoms. The summed E-state index contributed by atoms with van der Waals surface area (Å²) in [5, 5.41) is 11.9. The average Bonchev–Trinajstić information content (AvgIpc) is 2.42. The van der Waals surface area contributed by atoms with E-state index in [-0.39, 0.29) is 11.4 Å². The number of rotatable bonds is 4. The van der Waals surface area contributed by atoms with Gasteiger partial charge in [-0.3, -0.25) is 10.1 Å². The first kappa shape index (κ1) is 15.0. The second-order valence-corrected chi connectivity index (χ2v) is 5.68. The molecule has 0 unspecified atom stereocenters. The second-order valence-electron chi connectivity index (χ2n) is 4.21. The summed E-state index contributed by atoms with van der Waals surface area (Å²) in [4.78, 5) is 10.7. The van der Waals surface area contributed by atoms with Crippen molar-refractivity contribution in [2.75, 3.05) is 0 Å². The van der Waals surface area contributed by atoms with Crippen molar-refractivity contribution in [3.8, 4) is 11.5 Å². The summed E-state index contributed by atoms with van der Waals surface area (Å²) in [5.74, 6) is 0.841. The molecule has 2 aromatic rings. The minimum Gasteiger partial charge on any atom is -0.450 e. The van der Waals surface area contributed by atoms with Crippen molar-refractivity contribution in [2.24, 2.45) is 0 Å². The van der Waals surface area contributed by atoms with Gasteiger partial charge in [0, 0.05) is 15.9 Å². The predicted molar refractivity (Wildman–Crippen MR) is 84.7 cm³/mol. The van der Waals surface area contributed by atoms with Gasteiger partial charge in [-0.15, -0.1) is 0 Å². The zero-order valence-electron chi connectivity index (χ0n) is 10.6. The van der Waals surface area contributed by atoms with E-state index in [1.165, 1.54) is 6.07 Å². The summed E-state index contributed by atoms with van der Waals surface area (Å²) >= 11 is 6.62. The Morgan fingerprint density at radius 1 is 1.25 bits per heavy atom. The largest absolute Gasteiger partial charge is 0.450 e. The Morgan fingerprint density at radius 3 is 2.45 bits per heavy atom. The SMILES string of the molecule is Cc1cc(Br)cc([N+](=O)[O-])c1Oc1ccc(CBr)cc1. The van der Waals surface area contributed by atoms with E-state index in [1.807, 2.05) is 12.1 Å². The highest BCUT2D eigenvalue weighted by Crippen LogP contribution is 2.37. The van der Waals surface area contributed by atoms with E-state index in [9.17, 15) is 10.1 Å². The van der Waals surface area contributed by atoms with Crippen LogP contribution in [-0.4, -0.2) is 4.92 Å². The molecule has 0 N–H and O–H groups in total. The highest BCUT2D eigenvalue weighted by Gasteiger charge is 2.19. The molecule has 0 fully saturated rings. The molecule has 0 aliphatic carbocycles. The van der Waals surface area contributed by atoms with Crippen molar-refractivity contribution in [1.82, 2.24) is 0 Å². The number of nitrogens with zero attached hydrogens (tertiary/aromatic N) is 1. The normalized spacial score (nSPS) is 10.3. The molecule has 0 amide bonds. The minimum atomic E-state index is -0.444. The zero-order chi connectivity index (χ0) is 14.7. The number of benzene rings is 2. The van der Waals surface area contributed by atoms with Crippen LogP contribution in [0.15, 0.2) is 40.9 Å². The van der Waals surface area contributed by atoms with Gasteiger partial charge in [-0.2, -0.15) is 0 Å². The van der Waals surface area contributed by atoms with Gasteiger partial charge in [0.15, 0.2) is 0 Å². The molecule has 4 nitrogen and oxygen atoms in total. The van der Waals surface area contributed by atoms with Gasteiger partial charge in [0.05, 0.1) is 4.92 Å². The molecule has 0 bridgehead atoms. The number of nitro benzene ring substituents is 1. The lowest BCUT2D eigenvalue weighted by Crippen LogP contribution is -1.96. The van der Waals surface area contributed by atoms with Gasteiger partial charge in [0.1, 0.15) is 5.75 Å². The van der Waals surface area contributed by atoms with Crippen LogP contribution in [0.5, 0.6) is 11.5 Å². The van der Waals surface area contributed by atoms with Crippen molar-refractivity contribution in [1.29, 1.82) is 0 Å².